The van der Waals surface area contributed by atoms with E-state index in [4.69, 9.17) is 9.47 Å². The molecule has 30 heavy (non-hydrogen) atoms. The number of carbonyl (C=O) groups excluding carboxylic acids is 2. The topological polar surface area (TPSA) is 143 Å². The van der Waals surface area contributed by atoms with Crippen molar-refractivity contribution >= 4 is 34.0 Å². The predicted molar refractivity (Wildman–Crippen MR) is 108 cm³/mol. The summed E-state index contributed by atoms with van der Waals surface area (Å²) in [5.41, 5.74) is -0.458. The van der Waals surface area contributed by atoms with Crippen LogP contribution in [0.1, 0.15) is 50.6 Å². The molecule has 2 heterocycles. The molecule has 0 aliphatic carbocycles. The van der Waals surface area contributed by atoms with Crippen molar-refractivity contribution in [3.05, 3.63) is 37.5 Å². The van der Waals surface area contributed by atoms with Gasteiger partial charge in [-0.05, 0) is 33.3 Å². The molecule has 2 rings (SSSR count). The molecule has 0 spiro atoms. The maximum atomic E-state index is 12.5. The number of hydrogen-bond donors (Lipinski definition) is 1. The van der Waals surface area contributed by atoms with Crippen LogP contribution in [0.25, 0.3) is 0 Å². The highest BCUT2D eigenvalue weighted by Crippen LogP contribution is 2.37. The number of carbonyl (C=O) groups is 2. The van der Waals surface area contributed by atoms with E-state index >= 15 is 0 Å². The van der Waals surface area contributed by atoms with Crippen molar-refractivity contribution in [2.24, 2.45) is 17.3 Å². The third kappa shape index (κ3) is 4.08. The molecule has 2 aromatic rings. The number of pyridine rings is 1. The molecule has 0 aliphatic rings. The summed E-state index contributed by atoms with van der Waals surface area (Å²) in [4.78, 5) is 37.3. The molecule has 0 radical (unpaired) electrons. The van der Waals surface area contributed by atoms with Crippen LogP contribution in [0.2, 0.25) is 0 Å². The van der Waals surface area contributed by atoms with Gasteiger partial charge in [0.1, 0.15) is 22.1 Å². The molecule has 0 atom stereocenters. The first-order valence-electron chi connectivity index (χ1n) is 8.91. The standard InChI is InChI=1S/C19H20N4O6S/c1-6-28-18(26)12-10(4)14(19(27)29-7-2)30-15(12)22-21-13-9(3)11(8-20)16(24)23(5)17(13)25/h24H,6-7H2,1-5H3. The number of ether oxygens (including phenoxy) is 2. The Bertz CT molecular complexity index is 1140. The molecule has 0 amide bonds. The Balaban J connectivity index is 2.67. The number of rotatable bonds is 6. The van der Waals surface area contributed by atoms with E-state index in [-0.39, 0.29) is 45.5 Å². The summed E-state index contributed by atoms with van der Waals surface area (Å²) in [5, 5.41) is 27.2. The lowest BCUT2D eigenvalue weighted by molar-refractivity contribution is 0.0527. The monoisotopic (exact) mass is 432 g/mol. The molecule has 1 N–H and O–H groups in total. The fourth-order valence-electron chi connectivity index (χ4n) is 2.62. The molecule has 10 nitrogen and oxygen atoms in total. The fraction of sp³-hybridized carbons (Fsp3) is 0.368. The van der Waals surface area contributed by atoms with Gasteiger partial charge in [0.2, 0.25) is 5.88 Å². The van der Waals surface area contributed by atoms with Crippen LogP contribution >= 0.6 is 11.3 Å². The first-order chi connectivity index (χ1) is 14.2. The maximum absolute atomic E-state index is 12.5. The second kappa shape index (κ2) is 9.32. The van der Waals surface area contributed by atoms with E-state index in [1.165, 1.54) is 14.0 Å². The van der Waals surface area contributed by atoms with Crippen LogP contribution in [0, 0.1) is 25.2 Å². The summed E-state index contributed by atoms with van der Waals surface area (Å²) in [5.74, 6) is -1.79. The van der Waals surface area contributed by atoms with Crippen molar-refractivity contribution in [1.29, 1.82) is 5.26 Å². The summed E-state index contributed by atoms with van der Waals surface area (Å²) in [6.07, 6.45) is 0. The van der Waals surface area contributed by atoms with Crippen molar-refractivity contribution < 1.29 is 24.2 Å². The van der Waals surface area contributed by atoms with Crippen LogP contribution in [0.5, 0.6) is 5.88 Å². The van der Waals surface area contributed by atoms with Crippen LogP contribution in [0.4, 0.5) is 10.7 Å². The number of thiophene rings is 1. The first kappa shape index (κ1) is 22.8. The predicted octanol–water partition coefficient (Wildman–Crippen LogP) is 3.41. The summed E-state index contributed by atoms with van der Waals surface area (Å²) < 4.78 is 10.9. The second-order valence-electron chi connectivity index (χ2n) is 6.03. The Labute approximate surface area is 176 Å². The lowest BCUT2D eigenvalue weighted by Gasteiger charge is -2.08. The lowest BCUT2D eigenvalue weighted by atomic mass is 10.1. The molecule has 0 fully saturated rings. The van der Waals surface area contributed by atoms with Gasteiger partial charge in [0, 0.05) is 12.6 Å². The van der Waals surface area contributed by atoms with E-state index < -0.39 is 23.4 Å². The Morgan fingerprint density at radius 2 is 1.73 bits per heavy atom. The molecule has 0 aromatic carbocycles. The van der Waals surface area contributed by atoms with Gasteiger partial charge in [0.15, 0.2) is 10.7 Å². The minimum absolute atomic E-state index is 0.0439. The molecule has 0 unspecified atom stereocenters. The third-order valence-electron chi connectivity index (χ3n) is 4.20. The quantitative estimate of drug-likeness (QED) is 0.544. The van der Waals surface area contributed by atoms with Crippen LogP contribution in [0.15, 0.2) is 15.0 Å². The van der Waals surface area contributed by atoms with E-state index in [2.05, 4.69) is 10.2 Å². The molecule has 158 valence electrons. The van der Waals surface area contributed by atoms with Crippen molar-refractivity contribution in [3.63, 3.8) is 0 Å². The van der Waals surface area contributed by atoms with Gasteiger partial charge in [-0.2, -0.15) is 5.26 Å². The second-order valence-corrected chi connectivity index (χ2v) is 7.02. The molecule has 0 bridgehead atoms. The summed E-state index contributed by atoms with van der Waals surface area (Å²) in [6, 6.07) is 1.81. The van der Waals surface area contributed by atoms with Gasteiger partial charge in [-0.15, -0.1) is 21.6 Å². The average Bonchev–Trinajstić information content (AvgIpc) is 3.03. The number of aromatic nitrogens is 1. The van der Waals surface area contributed by atoms with Gasteiger partial charge >= 0.3 is 11.9 Å². The summed E-state index contributed by atoms with van der Waals surface area (Å²) in [7, 11) is 1.29. The minimum Gasteiger partial charge on any atom is -0.493 e. The SMILES string of the molecule is CCOC(=O)c1sc(N=Nc2c(C)c(C#N)c(O)n(C)c2=O)c(C(=O)OCC)c1C. The third-order valence-corrected chi connectivity index (χ3v) is 5.36. The van der Waals surface area contributed by atoms with Crippen LogP contribution in [0.3, 0.4) is 0 Å². The van der Waals surface area contributed by atoms with Crippen molar-refractivity contribution in [2.75, 3.05) is 13.2 Å². The first-order valence-corrected chi connectivity index (χ1v) is 9.73. The highest BCUT2D eigenvalue weighted by molar-refractivity contribution is 7.18. The number of azo groups is 1. The van der Waals surface area contributed by atoms with E-state index in [0.29, 0.717) is 5.56 Å². The number of esters is 2. The van der Waals surface area contributed by atoms with Crippen LogP contribution < -0.4 is 5.56 Å². The Kier molecular flexibility index (Phi) is 7.07. The van der Waals surface area contributed by atoms with E-state index in [1.807, 2.05) is 6.07 Å². The highest BCUT2D eigenvalue weighted by atomic mass is 32.1. The Morgan fingerprint density at radius 1 is 1.13 bits per heavy atom. The van der Waals surface area contributed by atoms with Gasteiger partial charge in [-0.25, -0.2) is 9.59 Å². The van der Waals surface area contributed by atoms with Gasteiger partial charge < -0.3 is 14.6 Å². The largest absolute Gasteiger partial charge is 0.493 e. The number of hydrogen-bond acceptors (Lipinski definition) is 10. The fourth-order valence-corrected chi connectivity index (χ4v) is 3.63. The smallest absolute Gasteiger partial charge is 0.348 e. The lowest BCUT2D eigenvalue weighted by Crippen LogP contribution is -2.18. The zero-order valence-electron chi connectivity index (χ0n) is 17.1. The number of nitriles is 1. The molecular weight excluding hydrogens is 412 g/mol. The van der Waals surface area contributed by atoms with E-state index in [0.717, 1.165) is 15.9 Å². The highest BCUT2D eigenvalue weighted by Gasteiger charge is 2.27. The van der Waals surface area contributed by atoms with Gasteiger partial charge in [0.05, 0.1) is 13.2 Å². The maximum Gasteiger partial charge on any atom is 0.348 e. The van der Waals surface area contributed by atoms with Crippen molar-refractivity contribution in [2.45, 2.75) is 27.7 Å². The summed E-state index contributed by atoms with van der Waals surface area (Å²) in [6.45, 7) is 6.57. The number of nitrogens with zero attached hydrogens (tertiary/aromatic N) is 4. The van der Waals surface area contributed by atoms with Crippen LogP contribution in [-0.2, 0) is 16.5 Å². The number of aromatic hydroxyl groups is 1. The van der Waals surface area contributed by atoms with E-state index in [1.54, 1.807) is 20.8 Å². The molecular formula is C19H20N4O6S. The molecule has 2 aromatic heterocycles. The Morgan fingerprint density at radius 3 is 2.30 bits per heavy atom. The van der Waals surface area contributed by atoms with Crippen molar-refractivity contribution in [3.8, 4) is 11.9 Å². The zero-order valence-corrected chi connectivity index (χ0v) is 17.9. The zero-order chi connectivity index (χ0) is 22.6. The Hall–Kier alpha value is -3.52. The van der Waals surface area contributed by atoms with Gasteiger partial charge in [-0.1, -0.05) is 0 Å². The normalized spacial score (nSPS) is 10.8. The van der Waals surface area contributed by atoms with Gasteiger partial charge in [0.25, 0.3) is 5.56 Å². The molecule has 11 heteroatoms. The van der Waals surface area contributed by atoms with Crippen LogP contribution in [-0.4, -0.2) is 34.8 Å². The van der Waals surface area contributed by atoms with Crippen molar-refractivity contribution in [1.82, 2.24) is 4.57 Å². The van der Waals surface area contributed by atoms with E-state index in [9.17, 15) is 24.8 Å². The molecule has 0 saturated heterocycles. The molecule has 0 saturated carbocycles. The average molecular weight is 432 g/mol. The minimum atomic E-state index is -0.691. The molecule has 0 aliphatic heterocycles. The summed E-state index contributed by atoms with van der Waals surface area (Å²) >= 11 is 0.878. The van der Waals surface area contributed by atoms with Gasteiger partial charge in [-0.3, -0.25) is 9.36 Å².